The Hall–Kier alpha value is -3.84. The van der Waals surface area contributed by atoms with Crippen molar-refractivity contribution in [2.24, 2.45) is 5.10 Å². The van der Waals surface area contributed by atoms with Crippen LogP contribution < -0.4 is 20.2 Å². The molecule has 0 radical (unpaired) electrons. The molecule has 164 valence electrons. The van der Waals surface area contributed by atoms with Crippen LogP contribution in [0, 0.1) is 0 Å². The third-order valence-electron chi connectivity index (χ3n) is 4.30. The Kier molecular flexibility index (Phi) is 8.22. The molecule has 0 fully saturated rings. The molecule has 3 aromatic carbocycles. The van der Waals surface area contributed by atoms with Gasteiger partial charge in [0.1, 0.15) is 24.5 Å². The lowest BCUT2D eigenvalue weighted by Gasteiger charge is -2.07. The number of nitrogens with zero attached hydrogens (tertiary/aromatic N) is 1. The van der Waals surface area contributed by atoms with Gasteiger partial charge in [-0.3, -0.25) is 9.59 Å². The monoisotopic (exact) mass is 451 g/mol. The molecule has 3 rings (SSSR count). The number of benzene rings is 3. The molecule has 8 heteroatoms. The number of nitrogens with one attached hydrogen (secondary N) is 2. The Morgan fingerprint density at radius 2 is 1.56 bits per heavy atom. The topological polar surface area (TPSA) is 89.0 Å². The van der Waals surface area contributed by atoms with E-state index in [4.69, 9.17) is 21.1 Å². The molecule has 0 heterocycles. The van der Waals surface area contributed by atoms with Crippen molar-refractivity contribution in [1.29, 1.82) is 0 Å². The van der Waals surface area contributed by atoms with Gasteiger partial charge in [0.25, 0.3) is 0 Å². The SMILES string of the molecule is COc1ccc(NC(=O)CC(=O)NN=Cc2ccc(OCc3ccc(Cl)cc3)cc2)cc1. The Bertz CT molecular complexity index is 1070. The quantitative estimate of drug-likeness (QED) is 0.286. The number of anilines is 1. The fraction of sp³-hybridized carbons (Fsp3) is 0.125. The normalized spacial score (nSPS) is 10.6. The van der Waals surface area contributed by atoms with E-state index in [0.29, 0.717) is 28.8 Å². The summed E-state index contributed by atoms with van der Waals surface area (Å²) in [5, 5.41) is 7.20. The van der Waals surface area contributed by atoms with E-state index in [1.54, 1.807) is 43.5 Å². The summed E-state index contributed by atoms with van der Waals surface area (Å²) in [6.07, 6.45) is 1.14. The van der Waals surface area contributed by atoms with Crippen molar-refractivity contribution < 1.29 is 19.1 Å². The zero-order valence-corrected chi connectivity index (χ0v) is 18.1. The summed E-state index contributed by atoms with van der Waals surface area (Å²) in [6, 6.07) is 21.5. The third-order valence-corrected chi connectivity index (χ3v) is 4.55. The Morgan fingerprint density at radius 3 is 2.22 bits per heavy atom. The average Bonchev–Trinajstić information content (AvgIpc) is 2.80. The van der Waals surface area contributed by atoms with Crippen molar-refractivity contribution in [3.05, 3.63) is 88.9 Å². The van der Waals surface area contributed by atoms with Gasteiger partial charge in [-0.2, -0.15) is 5.10 Å². The van der Waals surface area contributed by atoms with Gasteiger partial charge >= 0.3 is 0 Å². The summed E-state index contributed by atoms with van der Waals surface area (Å²) in [4.78, 5) is 23.8. The molecule has 0 unspecified atom stereocenters. The van der Waals surface area contributed by atoms with E-state index in [0.717, 1.165) is 11.1 Å². The van der Waals surface area contributed by atoms with Gasteiger partial charge in [0.15, 0.2) is 0 Å². The fourth-order valence-electron chi connectivity index (χ4n) is 2.64. The van der Waals surface area contributed by atoms with Crippen molar-refractivity contribution in [3.8, 4) is 11.5 Å². The van der Waals surface area contributed by atoms with E-state index in [9.17, 15) is 9.59 Å². The second-order valence-electron chi connectivity index (χ2n) is 6.73. The van der Waals surface area contributed by atoms with Crippen LogP contribution in [-0.2, 0) is 16.2 Å². The molecule has 7 nitrogen and oxygen atoms in total. The number of carbonyl (C=O) groups is 2. The van der Waals surface area contributed by atoms with Crippen molar-refractivity contribution in [3.63, 3.8) is 0 Å². The maximum absolute atomic E-state index is 12.0. The van der Waals surface area contributed by atoms with Crippen molar-refractivity contribution in [1.82, 2.24) is 5.43 Å². The number of hydrogen-bond acceptors (Lipinski definition) is 5. The number of methoxy groups -OCH3 is 1. The Labute approximate surface area is 191 Å². The van der Waals surface area contributed by atoms with Crippen molar-refractivity contribution in [2.75, 3.05) is 12.4 Å². The molecular weight excluding hydrogens is 430 g/mol. The molecule has 0 spiro atoms. The standard InChI is InChI=1S/C24H22ClN3O4/c1-31-21-12-8-20(9-13-21)27-23(29)14-24(30)28-26-15-17-4-10-22(11-5-17)32-16-18-2-6-19(25)7-3-18/h2-13,15H,14,16H2,1H3,(H,27,29)(H,28,30). The maximum atomic E-state index is 12.0. The lowest BCUT2D eigenvalue weighted by Crippen LogP contribution is -2.24. The van der Waals surface area contributed by atoms with Crippen LogP contribution in [0.5, 0.6) is 11.5 Å². The van der Waals surface area contributed by atoms with Crippen LogP contribution in [-0.4, -0.2) is 25.1 Å². The first-order valence-corrected chi connectivity index (χ1v) is 10.1. The second-order valence-corrected chi connectivity index (χ2v) is 7.17. The number of halogens is 1. The largest absolute Gasteiger partial charge is 0.497 e. The predicted molar refractivity (Wildman–Crippen MR) is 124 cm³/mol. The molecule has 0 aliphatic heterocycles. The maximum Gasteiger partial charge on any atom is 0.249 e. The van der Waals surface area contributed by atoms with Crippen LogP contribution >= 0.6 is 11.6 Å². The van der Waals surface area contributed by atoms with Crippen LogP contribution in [0.4, 0.5) is 5.69 Å². The molecule has 2 N–H and O–H groups in total. The molecule has 0 atom stereocenters. The summed E-state index contributed by atoms with van der Waals surface area (Å²) in [7, 11) is 1.56. The van der Waals surface area contributed by atoms with Gasteiger partial charge in [0, 0.05) is 10.7 Å². The molecule has 0 saturated carbocycles. The summed E-state index contributed by atoms with van der Waals surface area (Å²) in [5.41, 5.74) is 4.70. The minimum atomic E-state index is -0.518. The molecule has 0 aromatic heterocycles. The Morgan fingerprint density at radius 1 is 0.906 bits per heavy atom. The van der Waals surface area contributed by atoms with Crippen LogP contribution in [0.3, 0.4) is 0 Å². The summed E-state index contributed by atoms with van der Waals surface area (Å²) >= 11 is 5.87. The Balaban J connectivity index is 1.40. The predicted octanol–water partition coefficient (Wildman–Crippen LogP) is 4.41. The van der Waals surface area contributed by atoms with Gasteiger partial charge in [-0.1, -0.05) is 23.7 Å². The van der Waals surface area contributed by atoms with E-state index in [1.807, 2.05) is 36.4 Å². The van der Waals surface area contributed by atoms with Crippen LogP contribution in [0.15, 0.2) is 77.9 Å². The highest BCUT2D eigenvalue weighted by molar-refractivity contribution is 6.30. The van der Waals surface area contributed by atoms with Crippen molar-refractivity contribution >= 4 is 35.3 Å². The van der Waals surface area contributed by atoms with E-state index in [1.165, 1.54) is 6.21 Å². The lowest BCUT2D eigenvalue weighted by atomic mass is 10.2. The van der Waals surface area contributed by atoms with E-state index < -0.39 is 11.8 Å². The molecule has 0 bridgehead atoms. The lowest BCUT2D eigenvalue weighted by molar-refractivity contribution is -0.126. The van der Waals surface area contributed by atoms with Crippen LogP contribution in [0.1, 0.15) is 17.5 Å². The summed E-state index contributed by atoms with van der Waals surface area (Å²) < 4.78 is 10.8. The smallest absolute Gasteiger partial charge is 0.249 e. The number of hydrogen-bond donors (Lipinski definition) is 2. The van der Waals surface area contributed by atoms with Gasteiger partial charge in [-0.05, 0) is 71.8 Å². The number of carbonyl (C=O) groups excluding carboxylic acids is 2. The van der Waals surface area contributed by atoms with Gasteiger partial charge in [0.2, 0.25) is 11.8 Å². The van der Waals surface area contributed by atoms with E-state index in [-0.39, 0.29) is 6.42 Å². The highest BCUT2D eigenvalue weighted by atomic mass is 35.5. The van der Waals surface area contributed by atoms with Gasteiger partial charge < -0.3 is 14.8 Å². The zero-order chi connectivity index (χ0) is 22.8. The van der Waals surface area contributed by atoms with Crippen molar-refractivity contribution in [2.45, 2.75) is 13.0 Å². The van der Waals surface area contributed by atoms with Gasteiger partial charge in [-0.25, -0.2) is 5.43 Å². The van der Waals surface area contributed by atoms with E-state index >= 15 is 0 Å². The first-order valence-electron chi connectivity index (χ1n) is 9.75. The number of amides is 2. The number of hydrazone groups is 1. The van der Waals surface area contributed by atoms with E-state index in [2.05, 4.69) is 15.8 Å². The minimum Gasteiger partial charge on any atom is -0.497 e. The summed E-state index contributed by atoms with van der Waals surface area (Å²) in [6.45, 7) is 0.430. The average molecular weight is 452 g/mol. The third kappa shape index (κ3) is 7.45. The van der Waals surface area contributed by atoms with Crippen LogP contribution in [0.2, 0.25) is 5.02 Å². The van der Waals surface area contributed by atoms with Gasteiger partial charge in [0.05, 0.1) is 13.3 Å². The minimum absolute atomic E-state index is 0.346. The molecule has 0 aliphatic rings. The first-order chi connectivity index (χ1) is 15.5. The molecule has 2 amide bonds. The molecule has 3 aromatic rings. The molecule has 0 saturated heterocycles. The molecule has 32 heavy (non-hydrogen) atoms. The highest BCUT2D eigenvalue weighted by Crippen LogP contribution is 2.16. The second kappa shape index (κ2) is 11.5. The molecule has 0 aliphatic carbocycles. The highest BCUT2D eigenvalue weighted by Gasteiger charge is 2.09. The zero-order valence-electron chi connectivity index (χ0n) is 17.4. The van der Waals surface area contributed by atoms with Crippen LogP contribution in [0.25, 0.3) is 0 Å². The van der Waals surface area contributed by atoms with Gasteiger partial charge in [-0.15, -0.1) is 0 Å². The summed E-state index contributed by atoms with van der Waals surface area (Å²) in [5.74, 6) is 0.424. The first kappa shape index (κ1) is 22.8. The number of rotatable bonds is 9. The number of ether oxygens (including phenoxy) is 2. The fourth-order valence-corrected chi connectivity index (χ4v) is 2.77. The molecular formula is C24H22ClN3O4.